The van der Waals surface area contributed by atoms with Crippen molar-refractivity contribution in [3.8, 4) is 0 Å². The number of anilines is 1. The molecular weight excluding hydrogens is 322 g/mol. The largest absolute Gasteiger partial charge is 0.352 e. The summed E-state index contributed by atoms with van der Waals surface area (Å²) in [4.78, 5) is 2.17. The van der Waals surface area contributed by atoms with Crippen LogP contribution >= 0.6 is 0 Å². The van der Waals surface area contributed by atoms with Gasteiger partial charge in [0.2, 0.25) is 0 Å². The molecule has 1 aliphatic heterocycles. The lowest BCUT2D eigenvalue weighted by atomic mass is 10.1. The molecule has 1 fully saturated rings. The highest BCUT2D eigenvalue weighted by Gasteiger charge is 2.32. The standard InChI is InChI=1S/C14H23N3O3S2/c1-16-11-9-14(10-12-16)17(13-7-5-4-6-8-13)22(19,20)15-21(2,3)18/h4-8,14H,9-12H2,1-3H3. The topological polar surface area (TPSA) is 70.1 Å². The van der Waals surface area contributed by atoms with Crippen molar-refractivity contribution in [1.29, 1.82) is 0 Å². The molecule has 0 saturated carbocycles. The number of nitrogens with zero attached hydrogens (tertiary/aromatic N) is 3. The first-order valence-corrected chi connectivity index (χ1v) is 10.9. The van der Waals surface area contributed by atoms with Gasteiger partial charge in [0.15, 0.2) is 0 Å². The lowest BCUT2D eigenvalue weighted by Gasteiger charge is -2.36. The summed E-state index contributed by atoms with van der Waals surface area (Å²) in [6, 6.07) is 8.76. The molecule has 0 atom stereocenters. The number of piperidine rings is 1. The van der Waals surface area contributed by atoms with Crippen LogP contribution in [-0.2, 0) is 19.9 Å². The molecule has 1 aliphatic rings. The highest BCUT2D eigenvalue weighted by Crippen LogP contribution is 2.27. The minimum absolute atomic E-state index is 0.158. The van der Waals surface area contributed by atoms with E-state index in [1.165, 1.54) is 16.8 Å². The predicted octanol–water partition coefficient (Wildman–Crippen LogP) is 1.56. The van der Waals surface area contributed by atoms with Crippen LogP contribution in [-0.4, -0.2) is 56.2 Å². The van der Waals surface area contributed by atoms with Crippen molar-refractivity contribution in [3.63, 3.8) is 0 Å². The maximum absolute atomic E-state index is 12.7. The number of hydrogen-bond acceptors (Lipinski definition) is 4. The lowest BCUT2D eigenvalue weighted by Crippen LogP contribution is -2.46. The zero-order valence-electron chi connectivity index (χ0n) is 13.2. The Labute approximate surface area is 133 Å². The van der Waals surface area contributed by atoms with Gasteiger partial charge in [-0.25, -0.2) is 8.51 Å². The first kappa shape index (κ1) is 17.2. The summed E-state index contributed by atoms with van der Waals surface area (Å²) in [7, 11) is -4.71. The minimum atomic E-state index is -3.99. The van der Waals surface area contributed by atoms with Crippen LogP contribution in [0.2, 0.25) is 0 Å². The van der Waals surface area contributed by atoms with E-state index in [9.17, 15) is 12.6 Å². The van der Waals surface area contributed by atoms with Crippen molar-refractivity contribution in [2.24, 2.45) is 3.77 Å². The molecule has 2 rings (SSSR count). The third-order valence-corrected chi connectivity index (χ3v) is 6.75. The molecule has 22 heavy (non-hydrogen) atoms. The van der Waals surface area contributed by atoms with Gasteiger partial charge >= 0.3 is 10.2 Å². The molecule has 1 saturated heterocycles. The van der Waals surface area contributed by atoms with Crippen LogP contribution < -0.4 is 4.31 Å². The van der Waals surface area contributed by atoms with E-state index < -0.39 is 19.9 Å². The molecule has 0 spiro atoms. The van der Waals surface area contributed by atoms with Gasteiger partial charge in [-0.1, -0.05) is 22.0 Å². The Morgan fingerprint density at radius 3 is 2.14 bits per heavy atom. The summed E-state index contributed by atoms with van der Waals surface area (Å²) in [6.45, 7) is 1.66. The number of likely N-dealkylation sites (tertiary alicyclic amines) is 1. The van der Waals surface area contributed by atoms with Gasteiger partial charge in [-0.3, -0.25) is 0 Å². The molecule has 0 radical (unpaired) electrons. The van der Waals surface area contributed by atoms with Gasteiger partial charge in [0, 0.05) is 18.6 Å². The van der Waals surface area contributed by atoms with Gasteiger partial charge in [-0.2, -0.15) is 8.42 Å². The lowest BCUT2D eigenvalue weighted by molar-refractivity contribution is 0.257. The van der Waals surface area contributed by atoms with Gasteiger partial charge in [0.05, 0.1) is 15.4 Å². The van der Waals surface area contributed by atoms with Crippen molar-refractivity contribution in [3.05, 3.63) is 30.3 Å². The smallest absolute Gasteiger partial charge is 0.306 e. The van der Waals surface area contributed by atoms with Crippen LogP contribution in [0, 0.1) is 0 Å². The second-order valence-corrected chi connectivity index (χ2v) is 10.1. The van der Waals surface area contributed by atoms with Crippen molar-refractivity contribution >= 4 is 25.6 Å². The average Bonchev–Trinajstić information content (AvgIpc) is 2.39. The monoisotopic (exact) mass is 345 g/mol. The summed E-state index contributed by atoms with van der Waals surface area (Å²) in [5.41, 5.74) is 0.574. The van der Waals surface area contributed by atoms with Crippen molar-refractivity contribution in [2.75, 3.05) is 37.0 Å². The quantitative estimate of drug-likeness (QED) is 0.830. The summed E-state index contributed by atoms with van der Waals surface area (Å²) in [5, 5.41) is 0. The molecule has 0 unspecified atom stereocenters. The van der Waals surface area contributed by atoms with E-state index in [0.717, 1.165) is 25.9 Å². The van der Waals surface area contributed by atoms with Crippen molar-refractivity contribution in [1.82, 2.24) is 4.90 Å². The predicted molar refractivity (Wildman–Crippen MR) is 90.8 cm³/mol. The van der Waals surface area contributed by atoms with Crippen molar-refractivity contribution in [2.45, 2.75) is 18.9 Å². The number of rotatable bonds is 4. The Kier molecular flexibility index (Phi) is 5.14. The molecule has 8 heteroatoms. The Morgan fingerprint density at radius 1 is 1.09 bits per heavy atom. The molecule has 0 amide bonds. The van der Waals surface area contributed by atoms with E-state index in [1.807, 2.05) is 13.1 Å². The first-order valence-electron chi connectivity index (χ1n) is 7.15. The molecule has 1 aromatic carbocycles. The highest BCUT2D eigenvalue weighted by molar-refractivity contribution is 8.03. The van der Waals surface area contributed by atoms with Gasteiger partial charge in [-0.05, 0) is 45.1 Å². The third kappa shape index (κ3) is 4.44. The van der Waals surface area contributed by atoms with E-state index in [1.54, 1.807) is 24.3 Å². The molecule has 6 nitrogen and oxygen atoms in total. The Morgan fingerprint density at radius 2 is 1.64 bits per heavy atom. The van der Waals surface area contributed by atoms with Gasteiger partial charge in [0.1, 0.15) is 0 Å². The summed E-state index contributed by atoms with van der Waals surface area (Å²) in [6.07, 6.45) is 4.13. The molecule has 1 aromatic rings. The van der Waals surface area contributed by atoms with Crippen LogP contribution in [0.5, 0.6) is 0 Å². The fraction of sp³-hybridized carbons (Fsp3) is 0.571. The second-order valence-electron chi connectivity index (χ2n) is 5.90. The highest BCUT2D eigenvalue weighted by atomic mass is 32.3. The molecule has 1 heterocycles. The van der Waals surface area contributed by atoms with E-state index in [4.69, 9.17) is 0 Å². The number of benzene rings is 1. The maximum Gasteiger partial charge on any atom is 0.352 e. The Bertz CT molecular complexity index is 709. The fourth-order valence-corrected chi connectivity index (χ4v) is 5.68. The molecular formula is C14H23N3O3S2. The van der Waals surface area contributed by atoms with E-state index >= 15 is 0 Å². The molecule has 0 N–H and O–H groups in total. The number of para-hydroxylation sites is 1. The first-order chi connectivity index (χ1) is 10.2. The Hall–Kier alpha value is -1.12. The van der Waals surface area contributed by atoms with E-state index in [-0.39, 0.29) is 6.04 Å². The summed E-state index contributed by atoms with van der Waals surface area (Å²) < 4.78 is 42.2. The van der Waals surface area contributed by atoms with Crippen LogP contribution in [0.15, 0.2) is 34.1 Å². The van der Waals surface area contributed by atoms with Gasteiger partial charge < -0.3 is 4.90 Å². The normalized spacial score (nSPS) is 18.1. The van der Waals surface area contributed by atoms with Gasteiger partial charge in [-0.15, -0.1) is 0 Å². The molecule has 0 aromatic heterocycles. The van der Waals surface area contributed by atoms with E-state index in [2.05, 4.69) is 8.67 Å². The number of hydrogen-bond donors (Lipinski definition) is 0. The fourth-order valence-electron chi connectivity index (χ4n) is 2.60. The third-order valence-electron chi connectivity index (χ3n) is 3.55. The SMILES string of the molecule is CN1CCC(N(c2ccccc2)S(=O)(=O)N=S(C)(C)=O)CC1. The summed E-state index contributed by atoms with van der Waals surface area (Å²) >= 11 is 0. The zero-order chi connectivity index (χ0) is 16.4. The summed E-state index contributed by atoms with van der Waals surface area (Å²) in [5.74, 6) is 0. The Balaban J connectivity index is 2.45. The molecule has 0 aliphatic carbocycles. The minimum Gasteiger partial charge on any atom is -0.306 e. The van der Waals surface area contributed by atoms with Crippen LogP contribution in [0.1, 0.15) is 12.8 Å². The van der Waals surface area contributed by atoms with Crippen LogP contribution in [0.25, 0.3) is 0 Å². The van der Waals surface area contributed by atoms with Crippen LogP contribution in [0.4, 0.5) is 5.69 Å². The zero-order valence-corrected chi connectivity index (χ0v) is 14.8. The molecule has 124 valence electrons. The van der Waals surface area contributed by atoms with Crippen molar-refractivity contribution < 1.29 is 12.6 Å². The van der Waals surface area contributed by atoms with Crippen LogP contribution in [0.3, 0.4) is 0 Å². The maximum atomic E-state index is 12.7. The van der Waals surface area contributed by atoms with Gasteiger partial charge in [0.25, 0.3) is 0 Å². The van der Waals surface area contributed by atoms with E-state index in [0.29, 0.717) is 5.69 Å². The molecule has 0 bridgehead atoms. The second kappa shape index (κ2) is 6.55. The average molecular weight is 345 g/mol.